The second-order valence-corrected chi connectivity index (χ2v) is 7.60. The zero-order valence-electron chi connectivity index (χ0n) is 12.5. The third-order valence-corrected chi connectivity index (χ3v) is 5.32. The monoisotopic (exact) mass is 345 g/mol. The number of nitrogens with one attached hydrogen (secondary N) is 1. The van der Waals surface area contributed by atoms with Crippen LogP contribution in [-0.2, 0) is 10.0 Å². The second-order valence-electron chi connectivity index (χ2n) is 5.67. The number of hydrazine groups is 1. The Morgan fingerprint density at radius 3 is 2.45 bits per heavy atom. The van der Waals surface area contributed by atoms with Crippen molar-refractivity contribution in [2.24, 2.45) is 5.14 Å². The number of amides is 1. The summed E-state index contributed by atoms with van der Waals surface area (Å²) in [5.41, 5.74) is 3.06. The molecular weight excluding hydrogens is 326 g/mol. The molecule has 8 heteroatoms. The average Bonchev–Trinajstić information content (AvgIpc) is 2.42. The van der Waals surface area contributed by atoms with Crippen LogP contribution in [0, 0.1) is 0 Å². The Kier molecular flexibility index (Phi) is 5.11. The third kappa shape index (κ3) is 3.78. The van der Waals surface area contributed by atoms with Crippen LogP contribution in [0.25, 0.3) is 0 Å². The molecule has 22 heavy (non-hydrogen) atoms. The van der Waals surface area contributed by atoms with Gasteiger partial charge in [0.2, 0.25) is 10.0 Å². The first-order valence-electron chi connectivity index (χ1n) is 7.12. The summed E-state index contributed by atoms with van der Waals surface area (Å²) < 4.78 is 22.9. The Labute approximate surface area is 135 Å². The number of piperidine rings is 1. The number of halogens is 1. The molecule has 1 heterocycles. The smallest absolute Gasteiger partial charge is 0.265 e. The molecule has 122 valence electrons. The molecule has 2 atom stereocenters. The Bertz CT molecular complexity index is 668. The predicted molar refractivity (Wildman–Crippen MR) is 84.9 cm³/mol. The van der Waals surface area contributed by atoms with E-state index in [4.69, 9.17) is 16.7 Å². The van der Waals surface area contributed by atoms with E-state index in [9.17, 15) is 13.2 Å². The summed E-state index contributed by atoms with van der Waals surface area (Å²) in [5, 5.41) is 7.01. The summed E-state index contributed by atoms with van der Waals surface area (Å²) in [5.74, 6) is -0.373. The van der Waals surface area contributed by atoms with E-state index in [0.29, 0.717) is 0 Å². The Morgan fingerprint density at radius 1 is 1.32 bits per heavy atom. The van der Waals surface area contributed by atoms with Gasteiger partial charge >= 0.3 is 0 Å². The maximum atomic E-state index is 12.4. The number of rotatable bonds is 3. The molecule has 0 unspecified atom stereocenters. The molecule has 1 fully saturated rings. The van der Waals surface area contributed by atoms with Crippen molar-refractivity contribution in [2.75, 3.05) is 0 Å². The number of carbonyl (C=O) groups excluding carboxylic acids is 1. The lowest BCUT2D eigenvalue weighted by Gasteiger charge is -2.38. The summed E-state index contributed by atoms with van der Waals surface area (Å²) in [6.07, 6.45) is 3.15. The predicted octanol–water partition coefficient (Wildman–Crippen LogP) is 1.90. The van der Waals surface area contributed by atoms with Crippen LogP contribution in [0.4, 0.5) is 0 Å². The summed E-state index contributed by atoms with van der Waals surface area (Å²) in [6, 6.07) is 4.51. The molecule has 1 amide bonds. The van der Waals surface area contributed by atoms with Crippen molar-refractivity contribution in [1.29, 1.82) is 0 Å². The highest BCUT2D eigenvalue weighted by Crippen LogP contribution is 2.23. The first-order valence-corrected chi connectivity index (χ1v) is 9.04. The van der Waals surface area contributed by atoms with Gasteiger partial charge in [-0.2, -0.15) is 0 Å². The highest BCUT2D eigenvalue weighted by Gasteiger charge is 2.27. The zero-order valence-corrected chi connectivity index (χ0v) is 14.1. The number of hydrogen-bond acceptors (Lipinski definition) is 4. The van der Waals surface area contributed by atoms with Gasteiger partial charge in [-0.1, -0.05) is 18.0 Å². The van der Waals surface area contributed by atoms with Gasteiger partial charge in [-0.05, 0) is 44.9 Å². The average molecular weight is 346 g/mol. The fraction of sp³-hybridized carbons (Fsp3) is 0.500. The molecule has 6 nitrogen and oxygen atoms in total. The summed E-state index contributed by atoms with van der Waals surface area (Å²) >= 11 is 5.82. The van der Waals surface area contributed by atoms with Crippen LogP contribution in [-0.4, -0.2) is 31.4 Å². The molecule has 1 saturated heterocycles. The maximum Gasteiger partial charge on any atom is 0.265 e. The van der Waals surface area contributed by atoms with Gasteiger partial charge in [0.05, 0.1) is 5.02 Å². The molecule has 1 aromatic carbocycles. The highest BCUT2D eigenvalue weighted by molar-refractivity contribution is 7.89. The first kappa shape index (κ1) is 17.2. The molecule has 0 saturated carbocycles. The van der Waals surface area contributed by atoms with Crippen molar-refractivity contribution in [1.82, 2.24) is 10.4 Å². The number of sulfonamides is 1. The lowest BCUT2D eigenvalue weighted by molar-refractivity contribution is 0.0369. The Balaban J connectivity index is 2.23. The van der Waals surface area contributed by atoms with E-state index in [1.807, 2.05) is 18.9 Å². The van der Waals surface area contributed by atoms with E-state index < -0.39 is 10.0 Å². The standard InChI is InChI=1S/C14H20ClN3O3S/c1-9-4-3-5-10(2)18(9)17-14(19)11-6-7-12(15)13(8-11)22(16,20)21/h6-10H,3-5H2,1-2H3,(H,17,19)(H2,16,20,21)/t9-,10-/m1/s1. The number of primary sulfonamides is 1. The van der Waals surface area contributed by atoms with Crippen LogP contribution < -0.4 is 10.6 Å². The van der Waals surface area contributed by atoms with E-state index in [2.05, 4.69) is 5.43 Å². The highest BCUT2D eigenvalue weighted by atomic mass is 35.5. The fourth-order valence-electron chi connectivity index (χ4n) is 2.69. The molecule has 1 aliphatic heterocycles. The fourth-order valence-corrected chi connectivity index (χ4v) is 3.76. The first-order chi connectivity index (χ1) is 10.2. The molecule has 0 aliphatic carbocycles. The minimum absolute atomic E-state index is 0.00115. The minimum atomic E-state index is -3.97. The van der Waals surface area contributed by atoms with E-state index >= 15 is 0 Å². The van der Waals surface area contributed by atoms with Crippen molar-refractivity contribution < 1.29 is 13.2 Å². The normalized spacial score (nSPS) is 23.3. The quantitative estimate of drug-likeness (QED) is 0.875. The molecule has 1 aliphatic rings. The van der Waals surface area contributed by atoms with Crippen LogP contribution in [0.2, 0.25) is 5.02 Å². The maximum absolute atomic E-state index is 12.4. The Hall–Kier alpha value is -1.15. The largest absolute Gasteiger partial charge is 0.284 e. The Morgan fingerprint density at radius 2 is 1.91 bits per heavy atom. The van der Waals surface area contributed by atoms with Crippen molar-refractivity contribution in [3.8, 4) is 0 Å². The number of carbonyl (C=O) groups is 1. The van der Waals surface area contributed by atoms with Gasteiger partial charge in [-0.25, -0.2) is 18.6 Å². The van der Waals surface area contributed by atoms with E-state index in [1.165, 1.54) is 18.2 Å². The molecular formula is C14H20ClN3O3S. The molecule has 0 radical (unpaired) electrons. The number of benzene rings is 1. The lowest BCUT2D eigenvalue weighted by Crippen LogP contribution is -2.54. The minimum Gasteiger partial charge on any atom is -0.284 e. The van der Waals surface area contributed by atoms with Gasteiger partial charge in [-0.15, -0.1) is 0 Å². The molecule has 1 aromatic rings. The van der Waals surface area contributed by atoms with Crippen molar-refractivity contribution in [3.63, 3.8) is 0 Å². The van der Waals surface area contributed by atoms with Gasteiger partial charge in [0.25, 0.3) is 5.91 Å². The van der Waals surface area contributed by atoms with Gasteiger partial charge < -0.3 is 0 Å². The van der Waals surface area contributed by atoms with Gasteiger partial charge in [0.1, 0.15) is 4.90 Å². The van der Waals surface area contributed by atoms with Gasteiger partial charge in [0.15, 0.2) is 0 Å². The number of hydrogen-bond donors (Lipinski definition) is 2. The van der Waals surface area contributed by atoms with E-state index in [-0.39, 0.29) is 33.5 Å². The molecule has 0 spiro atoms. The van der Waals surface area contributed by atoms with Gasteiger partial charge in [0, 0.05) is 17.6 Å². The number of nitrogens with zero attached hydrogens (tertiary/aromatic N) is 1. The molecule has 3 N–H and O–H groups in total. The zero-order chi connectivity index (χ0) is 16.5. The topological polar surface area (TPSA) is 92.5 Å². The SMILES string of the molecule is C[C@@H]1CCC[C@@H](C)N1NC(=O)c1ccc(Cl)c(S(N)(=O)=O)c1. The molecule has 0 aromatic heterocycles. The van der Waals surface area contributed by atoms with Crippen molar-refractivity contribution >= 4 is 27.5 Å². The summed E-state index contributed by atoms with van der Waals surface area (Å²) in [4.78, 5) is 12.1. The molecule has 2 rings (SSSR count). The van der Waals surface area contributed by atoms with E-state index in [0.717, 1.165) is 19.3 Å². The lowest BCUT2D eigenvalue weighted by atomic mass is 10.00. The van der Waals surface area contributed by atoms with Crippen molar-refractivity contribution in [3.05, 3.63) is 28.8 Å². The van der Waals surface area contributed by atoms with E-state index in [1.54, 1.807) is 0 Å². The van der Waals surface area contributed by atoms with Crippen LogP contribution in [0.1, 0.15) is 43.5 Å². The summed E-state index contributed by atoms with van der Waals surface area (Å²) in [6.45, 7) is 4.10. The van der Waals surface area contributed by atoms with Crippen LogP contribution in [0.3, 0.4) is 0 Å². The van der Waals surface area contributed by atoms with Crippen LogP contribution >= 0.6 is 11.6 Å². The second kappa shape index (κ2) is 6.54. The van der Waals surface area contributed by atoms with Gasteiger partial charge in [-0.3, -0.25) is 10.2 Å². The number of nitrogens with two attached hydrogens (primary N) is 1. The third-order valence-electron chi connectivity index (χ3n) is 3.92. The molecule has 0 bridgehead atoms. The van der Waals surface area contributed by atoms with Crippen LogP contribution in [0.5, 0.6) is 0 Å². The van der Waals surface area contributed by atoms with Crippen LogP contribution in [0.15, 0.2) is 23.1 Å². The van der Waals surface area contributed by atoms with Crippen molar-refractivity contribution in [2.45, 2.75) is 50.1 Å². The summed E-state index contributed by atoms with van der Waals surface area (Å²) in [7, 11) is -3.97.